The topological polar surface area (TPSA) is 95.6 Å². The summed E-state index contributed by atoms with van der Waals surface area (Å²) in [5.41, 5.74) is 13.4. The van der Waals surface area contributed by atoms with Gasteiger partial charge >= 0.3 is 0 Å². The van der Waals surface area contributed by atoms with Crippen LogP contribution in [0.2, 0.25) is 0 Å². The van der Waals surface area contributed by atoms with Gasteiger partial charge in [-0.1, -0.05) is 15.9 Å². The van der Waals surface area contributed by atoms with Crippen molar-refractivity contribution < 1.29 is 4.39 Å². The van der Waals surface area contributed by atoms with Crippen LogP contribution in [0.25, 0.3) is 17.1 Å². The molecule has 106 valence electrons. The Morgan fingerprint density at radius 1 is 1.10 bits per heavy atom. The molecule has 0 aliphatic heterocycles. The van der Waals surface area contributed by atoms with E-state index in [0.29, 0.717) is 27.2 Å². The highest BCUT2D eigenvalue weighted by Gasteiger charge is 2.16. The van der Waals surface area contributed by atoms with Crippen molar-refractivity contribution in [3.05, 3.63) is 46.7 Å². The van der Waals surface area contributed by atoms with Gasteiger partial charge < -0.3 is 11.5 Å². The monoisotopic (exact) mass is 348 g/mol. The second kappa shape index (κ2) is 5.13. The van der Waals surface area contributed by atoms with E-state index in [-0.39, 0.29) is 5.69 Å². The Hall–Kier alpha value is -2.48. The molecule has 0 saturated carbocycles. The molecule has 0 bridgehead atoms. The van der Waals surface area contributed by atoms with Gasteiger partial charge in [-0.3, -0.25) is 0 Å². The molecule has 21 heavy (non-hydrogen) atoms. The maximum atomic E-state index is 14.1. The molecule has 8 heteroatoms. The van der Waals surface area contributed by atoms with E-state index in [4.69, 9.17) is 11.5 Å². The Morgan fingerprint density at radius 2 is 1.90 bits per heavy atom. The summed E-state index contributed by atoms with van der Waals surface area (Å²) in [7, 11) is 0. The lowest BCUT2D eigenvalue weighted by Crippen LogP contribution is -2.04. The first-order chi connectivity index (χ1) is 10.1. The minimum atomic E-state index is -0.452. The Labute approximate surface area is 127 Å². The molecule has 0 unspecified atom stereocenters. The lowest BCUT2D eigenvalue weighted by Gasteiger charge is -2.08. The van der Waals surface area contributed by atoms with Crippen LogP contribution in [0.4, 0.5) is 15.8 Å². The highest BCUT2D eigenvalue weighted by molar-refractivity contribution is 9.10. The highest BCUT2D eigenvalue weighted by atomic mass is 79.9. The Morgan fingerprint density at radius 3 is 2.62 bits per heavy atom. The smallest absolute Gasteiger partial charge is 0.189 e. The zero-order valence-corrected chi connectivity index (χ0v) is 12.2. The number of aromatic nitrogens is 4. The van der Waals surface area contributed by atoms with Crippen LogP contribution < -0.4 is 11.5 Å². The third-order valence-corrected chi connectivity index (χ3v) is 3.42. The summed E-state index contributed by atoms with van der Waals surface area (Å²) in [6.45, 7) is 0. The number of hydrogen-bond acceptors (Lipinski definition) is 5. The standard InChI is InChI=1S/C13H10BrFN6/c14-7-1-4-12(10(15)5-7)21-13(18-19-20-21)9-3-2-8(16)6-11(9)17/h1-6H,16-17H2. The van der Waals surface area contributed by atoms with Gasteiger partial charge in [-0.05, 0) is 46.8 Å². The number of nitrogen functional groups attached to an aromatic ring is 2. The van der Waals surface area contributed by atoms with Gasteiger partial charge in [-0.15, -0.1) is 5.10 Å². The molecule has 0 radical (unpaired) electrons. The molecule has 1 heterocycles. The third kappa shape index (κ3) is 2.45. The summed E-state index contributed by atoms with van der Waals surface area (Å²) in [4.78, 5) is 0. The second-order valence-corrected chi connectivity index (χ2v) is 5.27. The van der Waals surface area contributed by atoms with E-state index in [2.05, 4.69) is 31.5 Å². The first-order valence-electron chi connectivity index (χ1n) is 5.95. The number of halogens is 2. The third-order valence-electron chi connectivity index (χ3n) is 2.92. The van der Waals surface area contributed by atoms with Gasteiger partial charge in [-0.2, -0.15) is 4.68 Å². The molecule has 0 spiro atoms. The number of hydrogen-bond donors (Lipinski definition) is 2. The fraction of sp³-hybridized carbons (Fsp3) is 0. The molecular formula is C13H10BrFN6. The van der Waals surface area contributed by atoms with Crippen molar-refractivity contribution in [1.82, 2.24) is 20.2 Å². The lowest BCUT2D eigenvalue weighted by atomic mass is 10.1. The van der Waals surface area contributed by atoms with Gasteiger partial charge in [0.05, 0.1) is 0 Å². The fourth-order valence-electron chi connectivity index (χ4n) is 1.96. The van der Waals surface area contributed by atoms with E-state index in [0.717, 1.165) is 0 Å². The summed E-state index contributed by atoms with van der Waals surface area (Å²) in [6.07, 6.45) is 0. The van der Waals surface area contributed by atoms with Crippen molar-refractivity contribution in [2.45, 2.75) is 0 Å². The van der Waals surface area contributed by atoms with E-state index in [1.165, 1.54) is 10.7 Å². The average molecular weight is 349 g/mol. The number of nitrogens with two attached hydrogens (primary N) is 2. The average Bonchev–Trinajstić information content (AvgIpc) is 2.87. The zero-order valence-electron chi connectivity index (χ0n) is 10.7. The van der Waals surface area contributed by atoms with Crippen molar-refractivity contribution in [2.75, 3.05) is 11.5 Å². The summed E-state index contributed by atoms with van der Waals surface area (Å²) >= 11 is 3.21. The SMILES string of the molecule is Nc1ccc(-c2nnnn2-c2ccc(Br)cc2F)c(N)c1. The molecule has 1 aromatic heterocycles. The van der Waals surface area contributed by atoms with Gasteiger partial charge in [0.25, 0.3) is 0 Å². The van der Waals surface area contributed by atoms with Crippen LogP contribution >= 0.6 is 15.9 Å². The molecule has 0 saturated heterocycles. The van der Waals surface area contributed by atoms with Crippen molar-refractivity contribution >= 4 is 27.3 Å². The van der Waals surface area contributed by atoms with E-state index in [9.17, 15) is 4.39 Å². The lowest BCUT2D eigenvalue weighted by molar-refractivity contribution is 0.607. The number of benzene rings is 2. The Kier molecular flexibility index (Phi) is 3.30. The van der Waals surface area contributed by atoms with E-state index >= 15 is 0 Å². The van der Waals surface area contributed by atoms with Crippen LogP contribution in [-0.2, 0) is 0 Å². The highest BCUT2D eigenvalue weighted by Crippen LogP contribution is 2.28. The maximum Gasteiger partial charge on any atom is 0.189 e. The molecular weight excluding hydrogens is 339 g/mol. The maximum absolute atomic E-state index is 14.1. The molecule has 2 aromatic carbocycles. The van der Waals surface area contributed by atoms with Gasteiger partial charge in [0.2, 0.25) is 0 Å². The molecule has 0 atom stereocenters. The van der Waals surface area contributed by atoms with Crippen molar-refractivity contribution in [2.24, 2.45) is 0 Å². The summed E-state index contributed by atoms with van der Waals surface area (Å²) in [5.74, 6) is -0.110. The molecule has 0 fully saturated rings. The van der Waals surface area contributed by atoms with Crippen molar-refractivity contribution in [3.8, 4) is 17.1 Å². The summed E-state index contributed by atoms with van der Waals surface area (Å²) < 4.78 is 16.0. The molecule has 3 aromatic rings. The quantitative estimate of drug-likeness (QED) is 0.693. The van der Waals surface area contributed by atoms with Crippen LogP contribution in [0, 0.1) is 5.82 Å². The molecule has 4 N–H and O–H groups in total. The van der Waals surface area contributed by atoms with Crippen LogP contribution in [0.5, 0.6) is 0 Å². The second-order valence-electron chi connectivity index (χ2n) is 4.36. The number of tetrazole rings is 1. The minimum Gasteiger partial charge on any atom is -0.399 e. The molecule has 0 aliphatic carbocycles. The predicted molar refractivity (Wildman–Crippen MR) is 81.1 cm³/mol. The van der Waals surface area contributed by atoms with Gasteiger partial charge in [0.15, 0.2) is 5.82 Å². The van der Waals surface area contributed by atoms with Gasteiger partial charge in [-0.25, -0.2) is 4.39 Å². The Bertz CT molecular complexity index is 750. The minimum absolute atomic E-state index is 0.231. The first-order valence-corrected chi connectivity index (χ1v) is 6.75. The largest absolute Gasteiger partial charge is 0.399 e. The van der Waals surface area contributed by atoms with E-state index in [1.54, 1.807) is 30.3 Å². The van der Waals surface area contributed by atoms with Crippen LogP contribution in [0.1, 0.15) is 0 Å². The van der Waals surface area contributed by atoms with Gasteiger partial charge in [0, 0.05) is 21.4 Å². The van der Waals surface area contributed by atoms with E-state index in [1.807, 2.05) is 0 Å². The zero-order chi connectivity index (χ0) is 15.0. The van der Waals surface area contributed by atoms with E-state index < -0.39 is 5.82 Å². The molecule has 3 rings (SSSR count). The predicted octanol–water partition coefficient (Wildman–Crippen LogP) is 2.40. The van der Waals surface area contributed by atoms with Crippen molar-refractivity contribution in [1.29, 1.82) is 0 Å². The normalized spacial score (nSPS) is 10.8. The number of anilines is 2. The summed E-state index contributed by atoms with van der Waals surface area (Å²) in [6, 6.07) is 9.61. The van der Waals surface area contributed by atoms with Crippen molar-refractivity contribution in [3.63, 3.8) is 0 Å². The van der Waals surface area contributed by atoms with Crippen LogP contribution in [-0.4, -0.2) is 20.2 Å². The Balaban J connectivity index is 2.17. The number of rotatable bonds is 2. The molecule has 0 aliphatic rings. The van der Waals surface area contributed by atoms with Crippen LogP contribution in [0.15, 0.2) is 40.9 Å². The fourth-order valence-corrected chi connectivity index (χ4v) is 2.29. The van der Waals surface area contributed by atoms with Gasteiger partial charge in [0.1, 0.15) is 11.5 Å². The summed E-state index contributed by atoms with van der Waals surface area (Å²) in [5, 5.41) is 11.3. The first kappa shape index (κ1) is 13.5. The molecule has 6 nitrogen and oxygen atoms in total. The van der Waals surface area contributed by atoms with Crippen LogP contribution in [0.3, 0.4) is 0 Å². The molecule has 0 amide bonds. The number of nitrogens with zero attached hydrogens (tertiary/aromatic N) is 4.